The highest BCUT2D eigenvalue weighted by atomic mass is 14.7. The minimum Gasteiger partial charge on any atom is -0.226 e. The minimum absolute atomic E-state index is 0.438. The summed E-state index contributed by atoms with van der Waals surface area (Å²) in [6.45, 7) is 7.67. The van der Waals surface area contributed by atoms with Crippen molar-refractivity contribution in [2.45, 2.75) is 89.9 Å². The molecule has 26 heavy (non-hydrogen) atoms. The maximum atomic E-state index is 9.75. The van der Waals surface area contributed by atoms with Crippen LogP contribution in [0.2, 0.25) is 0 Å². The van der Waals surface area contributed by atoms with E-state index in [1.807, 2.05) is 0 Å². The van der Waals surface area contributed by atoms with Gasteiger partial charge in [0, 0.05) is 0 Å². The molecule has 2 unspecified atom stereocenters. The van der Waals surface area contributed by atoms with Gasteiger partial charge in [0.2, 0.25) is 0 Å². The van der Waals surface area contributed by atoms with Crippen molar-refractivity contribution in [2.24, 2.45) is 23.7 Å². The van der Waals surface area contributed by atoms with Gasteiger partial charge in [-0.25, -0.2) is 10.1 Å². The molecule has 2 atom stereocenters. The first kappa shape index (κ1) is 17.9. The molecule has 138 valence electrons. The van der Waals surface area contributed by atoms with Crippen LogP contribution in [0.1, 0.15) is 89.9 Å². The average molecular weight is 349 g/mol. The number of allylic oxidation sites excluding steroid dienone is 4. The molecule has 0 bridgehead atoms. The maximum absolute atomic E-state index is 9.75. The molecule has 3 saturated carbocycles. The summed E-state index contributed by atoms with van der Waals surface area (Å²) in [5, 5.41) is 9.75. The molecule has 0 amide bonds. The third-order valence-corrected chi connectivity index (χ3v) is 7.67. The van der Waals surface area contributed by atoms with E-state index in [4.69, 9.17) is 6.57 Å². The van der Waals surface area contributed by atoms with Crippen molar-refractivity contribution in [3.63, 3.8) is 0 Å². The Hall–Kier alpha value is -1.54. The molecule has 2 nitrogen and oxygen atoms in total. The van der Waals surface area contributed by atoms with Crippen molar-refractivity contribution < 1.29 is 0 Å². The third-order valence-electron chi connectivity index (χ3n) is 7.67. The predicted octanol–water partition coefficient (Wildman–Crippen LogP) is 6.96. The minimum atomic E-state index is 0.438. The van der Waals surface area contributed by atoms with Crippen molar-refractivity contribution >= 4 is 0 Å². The topological polar surface area (TPSA) is 28.1 Å². The zero-order valence-corrected chi connectivity index (χ0v) is 16.1. The van der Waals surface area contributed by atoms with E-state index in [9.17, 15) is 5.26 Å². The number of fused-ring (bicyclic) bond motifs is 1. The highest BCUT2D eigenvalue weighted by Gasteiger charge is 2.45. The van der Waals surface area contributed by atoms with Crippen LogP contribution < -0.4 is 0 Å². The molecule has 0 aromatic heterocycles. The van der Waals surface area contributed by atoms with Crippen LogP contribution in [-0.4, -0.2) is 0 Å². The zero-order chi connectivity index (χ0) is 17.9. The van der Waals surface area contributed by atoms with Gasteiger partial charge in [0.15, 0.2) is 0 Å². The van der Waals surface area contributed by atoms with Crippen molar-refractivity contribution in [3.05, 3.63) is 33.8 Å². The lowest BCUT2D eigenvalue weighted by molar-refractivity contribution is 0.288. The first-order chi connectivity index (χ1) is 12.8. The molecule has 0 N–H and O–H groups in total. The van der Waals surface area contributed by atoms with Gasteiger partial charge in [0.25, 0.3) is 5.70 Å². The first-order valence-electron chi connectivity index (χ1n) is 11.1. The van der Waals surface area contributed by atoms with E-state index in [1.54, 1.807) is 11.1 Å². The molecule has 0 spiro atoms. The van der Waals surface area contributed by atoms with Crippen molar-refractivity contribution in [3.8, 4) is 6.07 Å². The molecule has 0 heterocycles. The Labute approximate surface area is 159 Å². The first-order valence-corrected chi connectivity index (χ1v) is 11.1. The summed E-state index contributed by atoms with van der Waals surface area (Å²) >= 11 is 0. The summed E-state index contributed by atoms with van der Waals surface area (Å²) in [4.78, 5) is 3.74. The van der Waals surface area contributed by atoms with Gasteiger partial charge in [-0.15, -0.1) is 0 Å². The van der Waals surface area contributed by atoms with Gasteiger partial charge in [0.05, 0.1) is 12.6 Å². The van der Waals surface area contributed by atoms with Crippen molar-refractivity contribution in [1.82, 2.24) is 0 Å². The molecule has 4 aliphatic rings. The summed E-state index contributed by atoms with van der Waals surface area (Å²) < 4.78 is 0. The molecular formula is C24H32N2. The summed E-state index contributed by atoms with van der Waals surface area (Å²) in [5.74, 6) is 2.52. The fourth-order valence-electron chi connectivity index (χ4n) is 6.64. The Balaban J connectivity index is 1.85. The van der Waals surface area contributed by atoms with E-state index in [0.29, 0.717) is 23.5 Å². The largest absolute Gasteiger partial charge is 0.265 e. The second kappa shape index (κ2) is 8.00. The van der Waals surface area contributed by atoms with Crippen LogP contribution in [-0.2, 0) is 0 Å². The second-order valence-electron chi connectivity index (χ2n) is 9.02. The number of nitrogens with zero attached hydrogens (tertiary/aromatic N) is 2. The van der Waals surface area contributed by atoms with Crippen LogP contribution in [0.25, 0.3) is 4.85 Å². The monoisotopic (exact) mass is 348 g/mol. The lowest BCUT2D eigenvalue weighted by atomic mass is 9.71. The molecule has 0 aromatic carbocycles. The van der Waals surface area contributed by atoms with Gasteiger partial charge in [-0.3, -0.25) is 0 Å². The van der Waals surface area contributed by atoms with E-state index in [2.05, 4.69) is 10.9 Å². The molecule has 0 radical (unpaired) electrons. The highest BCUT2D eigenvalue weighted by Crippen LogP contribution is 2.57. The van der Waals surface area contributed by atoms with E-state index >= 15 is 0 Å². The van der Waals surface area contributed by atoms with Gasteiger partial charge in [-0.1, -0.05) is 62.5 Å². The molecule has 0 aliphatic heterocycles. The molecule has 0 saturated heterocycles. The lowest BCUT2D eigenvalue weighted by Crippen LogP contribution is -2.22. The van der Waals surface area contributed by atoms with E-state index in [-0.39, 0.29) is 0 Å². The van der Waals surface area contributed by atoms with Crippen molar-refractivity contribution in [1.29, 1.82) is 5.26 Å². The Morgan fingerprint density at radius 1 is 0.769 bits per heavy atom. The van der Waals surface area contributed by atoms with Gasteiger partial charge >= 0.3 is 0 Å². The second-order valence-corrected chi connectivity index (χ2v) is 9.02. The molecule has 3 fully saturated rings. The molecular weight excluding hydrogens is 316 g/mol. The number of hydrogen-bond acceptors (Lipinski definition) is 1. The van der Waals surface area contributed by atoms with Gasteiger partial charge < -0.3 is 0 Å². The van der Waals surface area contributed by atoms with Crippen LogP contribution >= 0.6 is 0 Å². The standard InChI is InChI=1S/C24H32N2/c1-26-21(16-25)24-20-15-9-8-14-19(20)22(17-10-4-2-5-11-17)23(24)18-12-6-3-7-13-18/h17-20H,2-15H2/b24-21+. The van der Waals surface area contributed by atoms with Crippen LogP contribution in [0.4, 0.5) is 0 Å². The summed E-state index contributed by atoms with van der Waals surface area (Å²) in [5.41, 5.74) is 4.99. The predicted molar refractivity (Wildman–Crippen MR) is 105 cm³/mol. The van der Waals surface area contributed by atoms with Gasteiger partial charge in [-0.2, -0.15) is 0 Å². The van der Waals surface area contributed by atoms with Crippen LogP contribution in [0.3, 0.4) is 0 Å². The van der Waals surface area contributed by atoms with E-state index in [1.165, 1.54) is 95.5 Å². The highest BCUT2D eigenvalue weighted by molar-refractivity contribution is 5.55. The average Bonchev–Trinajstić information content (AvgIpc) is 3.06. The molecule has 4 rings (SSSR count). The normalized spacial score (nSPS) is 32.7. The molecule has 4 aliphatic carbocycles. The lowest BCUT2D eigenvalue weighted by Gasteiger charge is -2.33. The van der Waals surface area contributed by atoms with Gasteiger partial charge in [-0.05, 0) is 67.8 Å². The Kier molecular flexibility index (Phi) is 5.49. The van der Waals surface area contributed by atoms with Crippen LogP contribution in [0, 0.1) is 41.6 Å². The van der Waals surface area contributed by atoms with Crippen LogP contribution in [0.5, 0.6) is 0 Å². The molecule has 0 aromatic rings. The van der Waals surface area contributed by atoms with Gasteiger partial charge in [0.1, 0.15) is 0 Å². The number of nitriles is 1. The Bertz CT molecular complexity index is 656. The van der Waals surface area contributed by atoms with E-state index in [0.717, 1.165) is 5.92 Å². The SMILES string of the molecule is [C-]#[N+]/C(C#N)=C1/C(C2CCCCC2)=C(C2CCCCC2)C2CCCCC12. The number of rotatable bonds is 2. The fourth-order valence-corrected chi connectivity index (χ4v) is 6.64. The summed E-state index contributed by atoms with van der Waals surface area (Å²) in [6, 6.07) is 2.31. The number of hydrogen-bond donors (Lipinski definition) is 0. The summed E-state index contributed by atoms with van der Waals surface area (Å²) in [6.07, 6.45) is 18.5. The Morgan fingerprint density at radius 2 is 1.31 bits per heavy atom. The zero-order valence-electron chi connectivity index (χ0n) is 16.1. The fraction of sp³-hybridized carbons (Fsp3) is 0.750. The van der Waals surface area contributed by atoms with Crippen molar-refractivity contribution in [2.75, 3.05) is 0 Å². The van der Waals surface area contributed by atoms with E-state index < -0.39 is 0 Å². The Morgan fingerprint density at radius 3 is 1.88 bits per heavy atom. The quantitative estimate of drug-likeness (QED) is 0.391. The third kappa shape index (κ3) is 3.13. The maximum Gasteiger partial charge on any atom is 0.265 e. The van der Waals surface area contributed by atoms with Crippen LogP contribution in [0.15, 0.2) is 22.4 Å². The molecule has 2 heteroatoms. The smallest absolute Gasteiger partial charge is 0.226 e. The summed E-state index contributed by atoms with van der Waals surface area (Å²) in [7, 11) is 0.